The third-order valence-electron chi connectivity index (χ3n) is 4.40. The van der Waals surface area contributed by atoms with E-state index in [9.17, 15) is 14.9 Å². The Morgan fingerprint density at radius 3 is 3.00 bits per heavy atom. The number of carbonyl (C=O) groups excluding carboxylic acids is 1. The third-order valence-corrected chi connectivity index (χ3v) is 4.40. The lowest BCUT2D eigenvalue weighted by molar-refractivity contribution is -0.385. The van der Waals surface area contributed by atoms with Crippen molar-refractivity contribution in [1.29, 1.82) is 0 Å². The maximum absolute atomic E-state index is 11.7. The summed E-state index contributed by atoms with van der Waals surface area (Å²) in [5.74, 6) is 0.379. The number of nitro groups is 1. The molecule has 0 saturated carbocycles. The van der Waals surface area contributed by atoms with Crippen molar-refractivity contribution < 1.29 is 9.72 Å². The SMILES string of the molecule is CN(CC1CCCN1c1cccnn1)c1ncc([N+](=O)[O-])cc1C(N)=O. The number of hydrogen-bond acceptors (Lipinski definition) is 8. The molecular formula is C16H19N7O3. The smallest absolute Gasteiger partial charge is 0.288 e. The van der Waals surface area contributed by atoms with E-state index < -0.39 is 10.8 Å². The second kappa shape index (κ2) is 7.30. The number of nitrogens with two attached hydrogens (primary N) is 1. The maximum atomic E-state index is 11.7. The van der Waals surface area contributed by atoms with Crippen LogP contribution in [0.3, 0.4) is 0 Å². The molecule has 10 nitrogen and oxygen atoms in total. The largest absolute Gasteiger partial charge is 0.365 e. The summed E-state index contributed by atoms with van der Waals surface area (Å²) >= 11 is 0. The van der Waals surface area contributed by atoms with Crippen LogP contribution in [-0.4, -0.2) is 52.2 Å². The number of carbonyl (C=O) groups is 1. The summed E-state index contributed by atoms with van der Waals surface area (Å²) in [6, 6.07) is 5.07. The van der Waals surface area contributed by atoms with E-state index in [2.05, 4.69) is 20.1 Å². The lowest BCUT2D eigenvalue weighted by atomic mass is 10.1. The molecule has 2 aromatic heterocycles. The summed E-state index contributed by atoms with van der Waals surface area (Å²) in [4.78, 5) is 30.1. The van der Waals surface area contributed by atoms with Gasteiger partial charge in [-0.1, -0.05) is 0 Å². The Kier molecular flexibility index (Phi) is 4.92. The predicted octanol–water partition coefficient (Wildman–Crippen LogP) is 0.984. The summed E-state index contributed by atoms with van der Waals surface area (Å²) in [6.45, 7) is 1.44. The Labute approximate surface area is 149 Å². The highest BCUT2D eigenvalue weighted by Crippen LogP contribution is 2.26. The van der Waals surface area contributed by atoms with Crippen LogP contribution >= 0.6 is 0 Å². The molecule has 1 saturated heterocycles. The average Bonchev–Trinajstić information content (AvgIpc) is 3.09. The Morgan fingerprint density at radius 1 is 1.54 bits per heavy atom. The first-order chi connectivity index (χ1) is 12.5. The van der Waals surface area contributed by atoms with Crippen LogP contribution in [0, 0.1) is 10.1 Å². The van der Waals surface area contributed by atoms with Crippen molar-refractivity contribution >= 4 is 23.2 Å². The number of hydrogen-bond donors (Lipinski definition) is 1. The van der Waals surface area contributed by atoms with Crippen LogP contribution in [0.15, 0.2) is 30.6 Å². The number of anilines is 2. The molecule has 3 heterocycles. The van der Waals surface area contributed by atoms with Gasteiger partial charge < -0.3 is 15.5 Å². The van der Waals surface area contributed by atoms with Gasteiger partial charge in [-0.05, 0) is 25.0 Å². The van der Waals surface area contributed by atoms with Gasteiger partial charge in [0.05, 0.1) is 10.5 Å². The standard InChI is InChI=1S/C16H19N7O3/c1-21(16-13(15(17)24)8-12(9-18-16)23(25)26)10-11-4-3-7-22(11)14-5-2-6-19-20-14/h2,5-6,8-9,11H,3-4,7,10H2,1H3,(H2,17,24). The van der Waals surface area contributed by atoms with Gasteiger partial charge in [-0.3, -0.25) is 14.9 Å². The van der Waals surface area contributed by atoms with E-state index in [4.69, 9.17) is 5.73 Å². The van der Waals surface area contributed by atoms with Crippen LogP contribution in [0.25, 0.3) is 0 Å². The van der Waals surface area contributed by atoms with E-state index in [0.29, 0.717) is 12.4 Å². The molecule has 2 N–H and O–H groups in total. The van der Waals surface area contributed by atoms with Gasteiger partial charge in [-0.2, -0.15) is 5.10 Å². The minimum Gasteiger partial charge on any atom is -0.365 e. The normalized spacial score (nSPS) is 16.5. The number of amides is 1. The molecule has 1 fully saturated rings. The van der Waals surface area contributed by atoms with Gasteiger partial charge >= 0.3 is 0 Å². The van der Waals surface area contributed by atoms with Crippen molar-refractivity contribution in [2.24, 2.45) is 5.73 Å². The Bertz CT molecular complexity index is 815. The number of rotatable bonds is 6. The molecule has 2 aromatic rings. The molecule has 26 heavy (non-hydrogen) atoms. The highest BCUT2D eigenvalue weighted by molar-refractivity contribution is 5.98. The number of aromatic nitrogens is 3. The number of pyridine rings is 1. The van der Waals surface area contributed by atoms with Gasteiger partial charge in [0.1, 0.15) is 12.0 Å². The zero-order valence-electron chi connectivity index (χ0n) is 14.3. The summed E-state index contributed by atoms with van der Waals surface area (Å²) < 4.78 is 0. The molecule has 1 aliphatic rings. The van der Waals surface area contributed by atoms with Gasteiger partial charge in [0.25, 0.3) is 11.6 Å². The van der Waals surface area contributed by atoms with E-state index in [0.717, 1.165) is 37.5 Å². The zero-order valence-corrected chi connectivity index (χ0v) is 14.3. The quantitative estimate of drug-likeness (QED) is 0.598. The molecule has 1 amide bonds. The molecule has 3 rings (SSSR count). The topological polar surface area (TPSA) is 131 Å². The Morgan fingerprint density at radius 2 is 2.35 bits per heavy atom. The predicted molar refractivity (Wildman–Crippen MR) is 95.1 cm³/mol. The van der Waals surface area contributed by atoms with Gasteiger partial charge in [0.15, 0.2) is 5.82 Å². The maximum Gasteiger partial charge on any atom is 0.288 e. The van der Waals surface area contributed by atoms with Crippen molar-refractivity contribution in [1.82, 2.24) is 15.2 Å². The van der Waals surface area contributed by atoms with Crippen LogP contribution in [0.1, 0.15) is 23.2 Å². The number of likely N-dealkylation sites (N-methyl/N-ethyl adjacent to an activating group) is 1. The Balaban J connectivity index is 1.82. The second-order valence-electron chi connectivity index (χ2n) is 6.14. The molecule has 10 heteroatoms. The first kappa shape index (κ1) is 17.5. The van der Waals surface area contributed by atoms with E-state index in [1.807, 2.05) is 12.1 Å². The molecule has 0 aliphatic carbocycles. The zero-order chi connectivity index (χ0) is 18.7. The van der Waals surface area contributed by atoms with Gasteiger partial charge in [0.2, 0.25) is 0 Å². The molecule has 1 unspecified atom stereocenters. The molecule has 1 aliphatic heterocycles. The lowest BCUT2D eigenvalue weighted by Gasteiger charge is -2.30. The first-order valence-corrected chi connectivity index (χ1v) is 8.17. The van der Waals surface area contributed by atoms with Gasteiger partial charge in [0, 0.05) is 38.4 Å². The molecule has 0 aromatic carbocycles. The summed E-state index contributed by atoms with van der Waals surface area (Å²) in [5.41, 5.74) is 5.16. The molecule has 1 atom stereocenters. The highest BCUT2D eigenvalue weighted by Gasteiger charge is 2.28. The van der Waals surface area contributed by atoms with E-state index in [-0.39, 0.29) is 17.3 Å². The average molecular weight is 357 g/mol. The molecule has 0 bridgehead atoms. The summed E-state index contributed by atoms with van der Waals surface area (Å²) in [6.07, 6.45) is 4.74. The number of nitrogens with zero attached hydrogens (tertiary/aromatic N) is 6. The van der Waals surface area contributed by atoms with Crippen molar-refractivity contribution in [3.63, 3.8) is 0 Å². The highest BCUT2D eigenvalue weighted by atomic mass is 16.6. The van der Waals surface area contributed by atoms with Crippen molar-refractivity contribution in [3.05, 3.63) is 46.3 Å². The molecule has 136 valence electrons. The van der Waals surface area contributed by atoms with Crippen LogP contribution in [0.2, 0.25) is 0 Å². The first-order valence-electron chi connectivity index (χ1n) is 8.17. The van der Waals surface area contributed by atoms with Gasteiger partial charge in [-0.25, -0.2) is 4.98 Å². The molecule has 0 spiro atoms. The second-order valence-corrected chi connectivity index (χ2v) is 6.14. The minimum absolute atomic E-state index is 0.0331. The minimum atomic E-state index is -0.750. The summed E-state index contributed by atoms with van der Waals surface area (Å²) in [7, 11) is 1.79. The van der Waals surface area contributed by atoms with Crippen molar-refractivity contribution in [2.75, 3.05) is 29.9 Å². The Hall–Kier alpha value is -3.30. The van der Waals surface area contributed by atoms with E-state index in [1.54, 1.807) is 18.1 Å². The van der Waals surface area contributed by atoms with Crippen molar-refractivity contribution in [2.45, 2.75) is 18.9 Å². The van der Waals surface area contributed by atoms with Crippen LogP contribution in [0.4, 0.5) is 17.3 Å². The van der Waals surface area contributed by atoms with E-state index in [1.165, 1.54) is 0 Å². The molecular weight excluding hydrogens is 338 g/mol. The molecule has 0 radical (unpaired) electrons. The van der Waals surface area contributed by atoms with E-state index >= 15 is 0 Å². The fourth-order valence-electron chi connectivity index (χ4n) is 3.21. The fourth-order valence-corrected chi connectivity index (χ4v) is 3.21. The fraction of sp³-hybridized carbons (Fsp3) is 0.375. The monoisotopic (exact) mass is 357 g/mol. The van der Waals surface area contributed by atoms with Crippen LogP contribution < -0.4 is 15.5 Å². The lowest BCUT2D eigenvalue weighted by Crippen LogP contribution is -2.40. The third kappa shape index (κ3) is 3.53. The van der Waals surface area contributed by atoms with Crippen LogP contribution in [0.5, 0.6) is 0 Å². The summed E-state index contributed by atoms with van der Waals surface area (Å²) in [5, 5.41) is 19.0. The van der Waals surface area contributed by atoms with Crippen molar-refractivity contribution in [3.8, 4) is 0 Å². The van der Waals surface area contributed by atoms with Crippen LogP contribution in [-0.2, 0) is 0 Å². The van der Waals surface area contributed by atoms with Gasteiger partial charge in [-0.15, -0.1) is 5.10 Å². The number of primary amides is 1.